The third-order valence-electron chi connectivity index (χ3n) is 7.98. The van der Waals surface area contributed by atoms with Crippen molar-refractivity contribution in [2.45, 2.75) is 31.2 Å². The smallest absolute Gasteiger partial charge is 0.310 e. The average Bonchev–Trinajstić information content (AvgIpc) is 3.54. The molecule has 0 radical (unpaired) electrons. The molecule has 3 aliphatic heterocycles. The number of benzene rings is 2. The average molecular weight is 547 g/mol. The molecule has 2 fully saturated rings. The van der Waals surface area contributed by atoms with Gasteiger partial charge in [-0.1, -0.05) is 6.42 Å². The Bertz CT molecular complexity index is 1350. The summed E-state index contributed by atoms with van der Waals surface area (Å²) in [6.45, 7) is 1.01. The molecule has 1 aliphatic carbocycles. The number of nitrogens with zero attached hydrogens (tertiary/aromatic N) is 1. The number of esters is 1. The molecule has 2 aromatic rings. The Labute approximate surface area is 220 Å². The van der Waals surface area contributed by atoms with Crippen LogP contribution in [0.1, 0.15) is 47.9 Å². The fourth-order valence-electron chi connectivity index (χ4n) is 6.15. The molecule has 0 unspecified atom stereocenters. The molecule has 0 spiro atoms. The monoisotopic (exact) mass is 546 g/mol. The summed E-state index contributed by atoms with van der Waals surface area (Å²) in [7, 11) is -0.966. The summed E-state index contributed by atoms with van der Waals surface area (Å²) >= 11 is 0. The Morgan fingerprint density at radius 1 is 0.947 bits per heavy atom. The molecule has 2 saturated heterocycles. The van der Waals surface area contributed by atoms with E-state index in [0.717, 1.165) is 19.3 Å². The van der Waals surface area contributed by atoms with Gasteiger partial charge in [0.2, 0.25) is 12.5 Å². The highest BCUT2D eigenvalue weighted by atomic mass is 32.2. The number of rotatable bonds is 6. The molecular weight excluding hydrogens is 516 g/mol. The van der Waals surface area contributed by atoms with Crippen LogP contribution in [-0.2, 0) is 19.7 Å². The van der Waals surface area contributed by atoms with Crippen molar-refractivity contribution < 1.29 is 42.0 Å². The van der Waals surface area contributed by atoms with Gasteiger partial charge in [-0.15, -0.1) is 0 Å². The van der Waals surface area contributed by atoms with Crippen LogP contribution < -0.4 is 23.7 Å². The van der Waals surface area contributed by atoms with Crippen LogP contribution in [-0.4, -0.2) is 64.5 Å². The first-order valence-corrected chi connectivity index (χ1v) is 14.1. The van der Waals surface area contributed by atoms with E-state index in [9.17, 15) is 18.3 Å². The van der Waals surface area contributed by atoms with Crippen molar-refractivity contribution in [1.29, 1.82) is 0 Å². The van der Waals surface area contributed by atoms with Gasteiger partial charge in [0.15, 0.2) is 23.0 Å². The third kappa shape index (κ3) is 4.02. The van der Waals surface area contributed by atoms with Crippen LogP contribution in [0.2, 0.25) is 0 Å². The van der Waals surface area contributed by atoms with Gasteiger partial charge in [0.1, 0.15) is 0 Å². The Hall–Kier alpha value is -3.22. The van der Waals surface area contributed by atoms with Gasteiger partial charge in [0, 0.05) is 24.9 Å². The number of phenolic OH excluding ortho intramolecular Hbond substituents is 1. The molecule has 38 heavy (non-hydrogen) atoms. The lowest BCUT2D eigenvalue weighted by molar-refractivity contribution is -0.141. The summed E-state index contributed by atoms with van der Waals surface area (Å²) in [6, 6.07) is 6.20. The molecule has 204 valence electrons. The van der Waals surface area contributed by atoms with Crippen LogP contribution >= 0.6 is 0 Å². The molecule has 2 aromatic carbocycles. The van der Waals surface area contributed by atoms with E-state index in [1.807, 2.05) is 0 Å². The summed E-state index contributed by atoms with van der Waals surface area (Å²) in [5, 5.41) is 10.5. The number of carbonyl (C=O) groups excluding carboxylic acids is 1. The van der Waals surface area contributed by atoms with Gasteiger partial charge in [-0.05, 0) is 53.8 Å². The Morgan fingerprint density at radius 3 is 2.21 bits per heavy atom. The van der Waals surface area contributed by atoms with E-state index < -0.39 is 40.0 Å². The SMILES string of the molecule is COc1cc([C@@H]2c3cc4c(cc3[C@@H](NS(=O)(=O)N3CCCCC3)[C@H]3COC(=O)[C@H]23)OCO4)cc(OC)c1O. The number of hydrogen-bond donors (Lipinski definition) is 2. The van der Waals surface area contributed by atoms with E-state index in [1.54, 1.807) is 24.3 Å². The summed E-state index contributed by atoms with van der Waals surface area (Å²) in [6.07, 6.45) is 2.61. The summed E-state index contributed by atoms with van der Waals surface area (Å²) in [5.74, 6) is -0.895. The number of cyclic esters (lactones) is 1. The van der Waals surface area contributed by atoms with E-state index in [4.69, 9.17) is 23.7 Å². The number of hydrogen-bond acceptors (Lipinski definition) is 9. The number of aromatic hydroxyl groups is 1. The standard InChI is InChI=1S/C26H30N2O9S/c1-33-20-8-14(9-21(34-2)25(20)29)22-15-10-18-19(37-13-36-18)11-16(15)24(17-12-35-26(30)23(17)22)27-38(31,32)28-6-4-3-5-7-28/h8-11,17,22-24,27,29H,3-7,12-13H2,1-2H3/t17-,22+,23-,24+/m0/s1. The summed E-state index contributed by atoms with van der Waals surface area (Å²) in [4.78, 5) is 13.2. The van der Waals surface area contributed by atoms with Crippen LogP contribution in [0.4, 0.5) is 0 Å². The van der Waals surface area contributed by atoms with Gasteiger partial charge in [-0.25, -0.2) is 0 Å². The van der Waals surface area contributed by atoms with Crippen molar-refractivity contribution in [3.05, 3.63) is 41.0 Å². The number of ether oxygens (including phenoxy) is 5. The van der Waals surface area contributed by atoms with Gasteiger partial charge < -0.3 is 28.8 Å². The van der Waals surface area contributed by atoms with Crippen LogP contribution in [0, 0.1) is 11.8 Å². The predicted molar refractivity (Wildman–Crippen MR) is 134 cm³/mol. The third-order valence-corrected chi connectivity index (χ3v) is 9.58. The minimum absolute atomic E-state index is 0.0445. The van der Waals surface area contributed by atoms with Crippen LogP contribution in [0.25, 0.3) is 0 Å². The van der Waals surface area contributed by atoms with Crippen molar-refractivity contribution in [3.8, 4) is 28.7 Å². The number of fused-ring (bicyclic) bond motifs is 3. The number of carbonyl (C=O) groups is 1. The van der Waals surface area contributed by atoms with Crippen molar-refractivity contribution in [3.63, 3.8) is 0 Å². The zero-order chi connectivity index (χ0) is 26.6. The molecule has 4 atom stereocenters. The van der Waals surface area contributed by atoms with Crippen LogP contribution in [0.15, 0.2) is 24.3 Å². The zero-order valence-corrected chi connectivity index (χ0v) is 22.0. The molecule has 3 heterocycles. The fourth-order valence-corrected chi connectivity index (χ4v) is 7.66. The molecule has 0 aromatic heterocycles. The van der Waals surface area contributed by atoms with E-state index >= 15 is 0 Å². The van der Waals surface area contributed by atoms with E-state index in [0.29, 0.717) is 41.3 Å². The largest absolute Gasteiger partial charge is 0.502 e. The van der Waals surface area contributed by atoms with Crippen molar-refractivity contribution >= 4 is 16.2 Å². The molecule has 0 bridgehead atoms. The Kier molecular flexibility index (Phi) is 6.28. The second-order valence-corrected chi connectivity index (χ2v) is 11.7. The molecule has 0 amide bonds. The molecule has 11 nitrogen and oxygen atoms in total. The lowest BCUT2D eigenvalue weighted by Crippen LogP contribution is -2.49. The first-order chi connectivity index (χ1) is 18.3. The summed E-state index contributed by atoms with van der Waals surface area (Å²) in [5.41, 5.74) is 2.05. The first-order valence-electron chi connectivity index (χ1n) is 12.6. The normalized spacial score (nSPS) is 26.4. The minimum Gasteiger partial charge on any atom is -0.502 e. The van der Waals surface area contributed by atoms with Crippen molar-refractivity contribution in [2.24, 2.45) is 11.8 Å². The predicted octanol–water partition coefficient (Wildman–Crippen LogP) is 2.43. The number of methoxy groups -OCH3 is 2. The van der Waals surface area contributed by atoms with Gasteiger partial charge in [-0.2, -0.15) is 17.4 Å². The zero-order valence-electron chi connectivity index (χ0n) is 21.1. The summed E-state index contributed by atoms with van der Waals surface area (Å²) < 4.78 is 59.0. The molecule has 4 aliphatic rings. The first kappa shape index (κ1) is 25.1. The van der Waals surface area contributed by atoms with Gasteiger partial charge >= 0.3 is 5.97 Å². The molecule has 6 rings (SSSR count). The highest BCUT2D eigenvalue weighted by molar-refractivity contribution is 7.87. The number of phenols is 1. The second kappa shape index (κ2) is 9.51. The van der Waals surface area contributed by atoms with Crippen molar-refractivity contribution in [2.75, 3.05) is 40.7 Å². The van der Waals surface area contributed by atoms with Gasteiger partial charge in [0.25, 0.3) is 10.2 Å². The lowest BCUT2D eigenvalue weighted by atomic mass is 9.65. The van der Waals surface area contributed by atoms with E-state index in [1.165, 1.54) is 18.5 Å². The minimum atomic E-state index is -3.83. The van der Waals surface area contributed by atoms with Crippen molar-refractivity contribution in [1.82, 2.24) is 9.03 Å². The maximum Gasteiger partial charge on any atom is 0.310 e. The molecule has 2 N–H and O–H groups in total. The number of piperidine rings is 1. The molecular formula is C26H30N2O9S. The molecule has 12 heteroatoms. The maximum atomic E-state index is 13.5. The highest BCUT2D eigenvalue weighted by Gasteiger charge is 2.53. The van der Waals surface area contributed by atoms with E-state index in [2.05, 4.69) is 4.72 Å². The maximum absolute atomic E-state index is 13.5. The lowest BCUT2D eigenvalue weighted by Gasteiger charge is -2.40. The fraction of sp³-hybridized carbons (Fsp3) is 0.500. The Balaban J connectivity index is 1.51. The topological polar surface area (TPSA) is 133 Å². The van der Waals surface area contributed by atoms with Gasteiger partial charge in [0.05, 0.1) is 32.8 Å². The molecule has 0 saturated carbocycles. The van der Waals surface area contributed by atoms with Crippen LogP contribution in [0.3, 0.4) is 0 Å². The Morgan fingerprint density at radius 2 is 1.58 bits per heavy atom. The van der Waals surface area contributed by atoms with Crippen LogP contribution in [0.5, 0.6) is 28.7 Å². The quantitative estimate of drug-likeness (QED) is 0.524. The van der Waals surface area contributed by atoms with Gasteiger partial charge in [-0.3, -0.25) is 4.79 Å². The second-order valence-electron chi connectivity index (χ2n) is 9.97. The van der Waals surface area contributed by atoms with E-state index in [-0.39, 0.29) is 30.6 Å². The highest BCUT2D eigenvalue weighted by Crippen LogP contribution is 2.55. The number of nitrogens with one attached hydrogen (secondary N) is 1.